The number of rotatable bonds is 8. The molecule has 2 rings (SSSR count). The Morgan fingerprint density at radius 2 is 1.82 bits per heavy atom. The number of aliphatic imine (C=N–C) groups is 1. The molecule has 0 aliphatic rings. The molecule has 0 atom stereocenters. The lowest BCUT2D eigenvalue weighted by atomic mass is 10.2. The number of halogens is 2. The van der Waals surface area contributed by atoms with Crippen LogP contribution in [-0.2, 0) is 17.8 Å². The van der Waals surface area contributed by atoms with E-state index in [0.717, 1.165) is 23.3 Å². The predicted octanol–water partition coefficient (Wildman–Crippen LogP) is 2.39. The van der Waals surface area contributed by atoms with Crippen molar-refractivity contribution >= 4 is 47.4 Å². The number of methoxy groups -OCH3 is 1. The lowest BCUT2D eigenvalue weighted by molar-refractivity contribution is -0.120. The maximum Gasteiger partial charge on any atom is 0.239 e. The van der Waals surface area contributed by atoms with Crippen molar-refractivity contribution in [2.24, 2.45) is 4.99 Å². The average molecular weight is 518 g/mol. The van der Waals surface area contributed by atoms with Crippen LogP contribution in [0.3, 0.4) is 0 Å². The number of guanidine groups is 1. The minimum atomic E-state index is -0.115. The maximum atomic E-state index is 12.0. The van der Waals surface area contributed by atoms with Gasteiger partial charge in [0, 0.05) is 26.3 Å². The van der Waals surface area contributed by atoms with E-state index in [-0.39, 0.29) is 36.4 Å². The molecule has 1 heterocycles. The summed E-state index contributed by atoms with van der Waals surface area (Å²) in [5, 5.41) is 9.48. The zero-order valence-corrected chi connectivity index (χ0v) is 19.0. The van der Waals surface area contributed by atoms with Gasteiger partial charge in [-0.15, -0.1) is 24.0 Å². The Balaban J connectivity index is 0.00000392. The minimum absolute atomic E-state index is 0. The van der Waals surface area contributed by atoms with Crippen LogP contribution in [0.4, 0.5) is 0 Å². The molecule has 0 aliphatic heterocycles. The van der Waals surface area contributed by atoms with Gasteiger partial charge in [0.25, 0.3) is 0 Å². The first kappa shape index (κ1) is 24.0. The number of hydrogen-bond acceptors (Lipinski definition) is 4. The minimum Gasteiger partial charge on any atom is -0.497 e. The van der Waals surface area contributed by atoms with Crippen LogP contribution in [0.5, 0.6) is 5.75 Å². The highest BCUT2D eigenvalue weighted by molar-refractivity contribution is 14.0. The first-order valence-electron chi connectivity index (χ1n) is 8.55. The predicted molar refractivity (Wildman–Crippen MR) is 123 cm³/mol. The van der Waals surface area contributed by atoms with Gasteiger partial charge in [0.15, 0.2) is 5.96 Å². The van der Waals surface area contributed by atoms with E-state index < -0.39 is 0 Å². The van der Waals surface area contributed by atoms with Crippen molar-refractivity contribution in [3.05, 3.63) is 58.9 Å². The molecule has 0 unspecified atom stereocenters. The third kappa shape index (κ3) is 8.75. The van der Waals surface area contributed by atoms with Crippen molar-refractivity contribution in [3.63, 3.8) is 0 Å². The van der Waals surface area contributed by atoms with Gasteiger partial charge in [-0.25, -0.2) is 4.98 Å². The Kier molecular flexibility index (Phi) is 11.3. The molecule has 0 saturated heterocycles. The number of benzene rings is 1. The van der Waals surface area contributed by atoms with E-state index in [1.54, 1.807) is 26.4 Å². The molecule has 0 fully saturated rings. The number of aromatic nitrogens is 1. The first-order valence-corrected chi connectivity index (χ1v) is 8.93. The second-order valence-corrected chi connectivity index (χ2v) is 6.10. The van der Waals surface area contributed by atoms with Crippen LogP contribution in [0.25, 0.3) is 0 Å². The summed E-state index contributed by atoms with van der Waals surface area (Å²) in [4.78, 5) is 20.1. The number of amides is 1. The molecule has 2 aromatic rings. The van der Waals surface area contributed by atoms with Crippen LogP contribution in [0.15, 0.2) is 47.6 Å². The van der Waals surface area contributed by atoms with Crippen LogP contribution < -0.4 is 20.7 Å². The summed E-state index contributed by atoms with van der Waals surface area (Å²) in [6.45, 7) is 1.26. The molecule has 0 spiro atoms. The summed E-state index contributed by atoms with van der Waals surface area (Å²) in [5.41, 5.74) is 2.07. The SMILES string of the molecule is CN=C(NCCc1ccc(Cl)nc1)NCC(=O)NCc1ccc(OC)cc1.I. The van der Waals surface area contributed by atoms with Gasteiger partial charge in [-0.2, -0.15) is 0 Å². The molecule has 9 heteroatoms. The third-order valence-corrected chi connectivity index (χ3v) is 4.01. The van der Waals surface area contributed by atoms with E-state index in [9.17, 15) is 4.79 Å². The number of hydrogen-bond donors (Lipinski definition) is 3. The van der Waals surface area contributed by atoms with Gasteiger partial charge < -0.3 is 20.7 Å². The van der Waals surface area contributed by atoms with Gasteiger partial charge in [-0.3, -0.25) is 9.79 Å². The molecule has 1 aromatic carbocycles. The highest BCUT2D eigenvalue weighted by Crippen LogP contribution is 2.10. The summed E-state index contributed by atoms with van der Waals surface area (Å²) >= 11 is 5.77. The molecule has 0 radical (unpaired) electrons. The van der Waals surface area contributed by atoms with Gasteiger partial charge in [-0.05, 0) is 35.7 Å². The number of nitrogens with zero attached hydrogens (tertiary/aromatic N) is 2. The average Bonchev–Trinajstić information content (AvgIpc) is 2.70. The Bertz CT molecular complexity index is 754. The van der Waals surface area contributed by atoms with Gasteiger partial charge in [0.1, 0.15) is 10.9 Å². The Hall–Kier alpha value is -2.07. The fraction of sp³-hybridized carbons (Fsp3) is 0.316. The third-order valence-electron chi connectivity index (χ3n) is 3.78. The Labute approximate surface area is 187 Å². The van der Waals surface area contributed by atoms with Crippen molar-refractivity contribution < 1.29 is 9.53 Å². The van der Waals surface area contributed by atoms with E-state index in [1.807, 2.05) is 30.3 Å². The van der Waals surface area contributed by atoms with Crippen molar-refractivity contribution in [3.8, 4) is 5.75 Å². The normalized spacial score (nSPS) is 10.6. The smallest absolute Gasteiger partial charge is 0.239 e. The monoisotopic (exact) mass is 517 g/mol. The van der Waals surface area contributed by atoms with E-state index in [2.05, 4.69) is 25.9 Å². The second-order valence-electron chi connectivity index (χ2n) is 5.72. The second kappa shape index (κ2) is 13.2. The molecule has 3 N–H and O–H groups in total. The summed E-state index contributed by atoms with van der Waals surface area (Å²) in [6.07, 6.45) is 2.52. The summed E-state index contributed by atoms with van der Waals surface area (Å²) in [5.74, 6) is 1.24. The van der Waals surface area contributed by atoms with Gasteiger partial charge in [0.2, 0.25) is 5.91 Å². The largest absolute Gasteiger partial charge is 0.497 e. The molecule has 1 amide bonds. The molecule has 7 nitrogen and oxygen atoms in total. The van der Waals surface area contributed by atoms with Crippen molar-refractivity contribution in [1.29, 1.82) is 0 Å². The van der Waals surface area contributed by atoms with E-state index >= 15 is 0 Å². The van der Waals surface area contributed by atoms with Crippen LogP contribution in [0.1, 0.15) is 11.1 Å². The zero-order chi connectivity index (χ0) is 19.5. The summed E-state index contributed by atoms with van der Waals surface area (Å²) in [6, 6.07) is 11.2. The van der Waals surface area contributed by atoms with E-state index in [0.29, 0.717) is 24.2 Å². The van der Waals surface area contributed by atoms with E-state index in [4.69, 9.17) is 16.3 Å². The fourth-order valence-corrected chi connectivity index (χ4v) is 2.38. The Morgan fingerprint density at radius 3 is 2.43 bits per heavy atom. The maximum absolute atomic E-state index is 12.0. The number of carbonyl (C=O) groups excluding carboxylic acids is 1. The molecular weight excluding hydrogens is 493 g/mol. The highest BCUT2D eigenvalue weighted by Gasteiger charge is 2.04. The van der Waals surface area contributed by atoms with Crippen LogP contribution in [0.2, 0.25) is 5.15 Å². The van der Waals surface area contributed by atoms with Gasteiger partial charge >= 0.3 is 0 Å². The van der Waals surface area contributed by atoms with Crippen molar-refractivity contribution in [1.82, 2.24) is 20.9 Å². The van der Waals surface area contributed by atoms with Gasteiger partial charge in [-0.1, -0.05) is 29.8 Å². The first-order chi connectivity index (χ1) is 13.1. The molecule has 28 heavy (non-hydrogen) atoms. The van der Waals surface area contributed by atoms with Crippen LogP contribution >= 0.6 is 35.6 Å². The quantitative estimate of drug-likeness (QED) is 0.217. The topological polar surface area (TPSA) is 87.6 Å². The molecule has 1 aromatic heterocycles. The fourth-order valence-electron chi connectivity index (χ4n) is 2.27. The summed E-state index contributed by atoms with van der Waals surface area (Å²) < 4.78 is 5.11. The summed E-state index contributed by atoms with van der Waals surface area (Å²) in [7, 11) is 3.28. The van der Waals surface area contributed by atoms with Crippen LogP contribution in [0, 0.1) is 0 Å². The zero-order valence-electron chi connectivity index (χ0n) is 15.9. The lowest BCUT2D eigenvalue weighted by Gasteiger charge is -2.12. The molecule has 152 valence electrons. The number of nitrogens with one attached hydrogen (secondary N) is 3. The molecule has 0 saturated carbocycles. The number of pyridine rings is 1. The van der Waals surface area contributed by atoms with Crippen molar-refractivity contribution in [2.45, 2.75) is 13.0 Å². The molecule has 0 bridgehead atoms. The van der Waals surface area contributed by atoms with Crippen molar-refractivity contribution in [2.75, 3.05) is 27.2 Å². The standard InChI is InChI=1S/C19H24ClN5O2.HI/c1-21-19(22-10-9-15-5-8-17(20)23-11-15)25-13-18(26)24-12-14-3-6-16(27-2)7-4-14;/h3-8,11H,9-10,12-13H2,1-2H3,(H,24,26)(H2,21,22,25);1H. The lowest BCUT2D eigenvalue weighted by Crippen LogP contribution is -2.43. The highest BCUT2D eigenvalue weighted by atomic mass is 127. The van der Waals surface area contributed by atoms with Crippen LogP contribution in [-0.4, -0.2) is 44.1 Å². The van der Waals surface area contributed by atoms with E-state index in [1.165, 1.54) is 0 Å². The van der Waals surface area contributed by atoms with Gasteiger partial charge in [0.05, 0.1) is 13.7 Å². The number of carbonyl (C=O) groups is 1. The molecular formula is C19H25ClIN5O2. The molecule has 0 aliphatic carbocycles. The number of ether oxygens (including phenoxy) is 1. The Morgan fingerprint density at radius 1 is 1.11 bits per heavy atom.